The molecule has 36 heavy (non-hydrogen) atoms. The monoisotopic (exact) mass is 489 g/mol. The zero-order valence-electron chi connectivity index (χ0n) is 22.1. The molecule has 3 atom stereocenters. The fourth-order valence-electron chi connectivity index (χ4n) is 6.90. The van der Waals surface area contributed by atoms with Gasteiger partial charge in [-0.2, -0.15) is 0 Å². The van der Waals surface area contributed by atoms with Crippen LogP contribution in [-0.4, -0.2) is 4.98 Å². The van der Waals surface area contributed by atoms with Crippen LogP contribution in [0.4, 0.5) is 0 Å². The molecule has 0 aliphatic heterocycles. The quantitative estimate of drug-likeness (QED) is 0.267. The Bertz CT molecular complexity index is 1340. The molecule has 182 valence electrons. The van der Waals surface area contributed by atoms with Gasteiger partial charge >= 0.3 is 0 Å². The largest absolute Gasteiger partial charge is 0.252 e. The topological polar surface area (TPSA) is 12.9 Å². The highest BCUT2D eigenvalue weighted by molar-refractivity contribution is 7.80. The summed E-state index contributed by atoms with van der Waals surface area (Å²) in [5, 5.41) is 4.13. The number of benzene rings is 3. The SMILES string of the molecule is CC(C)(C)[C@H]1c2nc(-c3ccccc3P(c3ccccc3)c3ccccc3)ccc2[C@@H]2C[C@H]1C2(C)C. The summed E-state index contributed by atoms with van der Waals surface area (Å²) in [6, 6.07) is 35.7. The minimum Gasteiger partial charge on any atom is -0.252 e. The number of aromatic nitrogens is 1. The molecule has 3 aliphatic carbocycles. The van der Waals surface area contributed by atoms with Crippen LogP contribution in [0.2, 0.25) is 0 Å². The Morgan fingerprint density at radius 2 is 1.33 bits per heavy atom. The minimum absolute atomic E-state index is 0.188. The second kappa shape index (κ2) is 8.67. The predicted octanol–water partition coefficient (Wildman–Crippen LogP) is 7.78. The summed E-state index contributed by atoms with van der Waals surface area (Å²) in [4.78, 5) is 5.52. The van der Waals surface area contributed by atoms with Gasteiger partial charge in [0.2, 0.25) is 0 Å². The van der Waals surface area contributed by atoms with Crippen LogP contribution in [-0.2, 0) is 0 Å². The molecule has 0 N–H and O–H groups in total. The minimum atomic E-state index is -0.691. The number of hydrogen-bond donors (Lipinski definition) is 0. The highest BCUT2D eigenvalue weighted by Crippen LogP contribution is 2.69. The van der Waals surface area contributed by atoms with Gasteiger partial charge < -0.3 is 0 Å². The van der Waals surface area contributed by atoms with E-state index in [9.17, 15) is 0 Å². The highest BCUT2D eigenvalue weighted by Gasteiger charge is 2.59. The third kappa shape index (κ3) is 3.75. The van der Waals surface area contributed by atoms with Crippen LogP contribution < -0.4 is 15.9 Å². The molecule has 3 aliphatic rings. The molecule has 1 nitrogen and oxygen atoms in total. The Balaban J connectivity index is 1.52. The van der Waals surface area contributed by atoms with Gasteiger partial charge in [0, 0.05) is 17.2 Å². The molecule has 0 spiro atoms. The average Bonchev–Trinajstić information content (AvgIpc) is 2.88. The first kappa shape index (κ1) is 23.6. The highest BCUT2D eigenvalue weighted by atomic mass is 31.1. The number of pyridine rings is 1. The van der Waals surface area contributed by atoms with Gasteiger partial charge in [0.25, 0.3) is 0 Å². The first-order chi connectivity index (χ1) is 17.3. The van der Waals surface area contributed by atoms with Gasteiger partial charge in [0.05, 0.1) is 5.69 Å². The van der Waals surface area contributed by atoms with E-state index in [0.717, 1.165) is 5.69 Å². The Morgan fingerprint density at radius 3 is 1.92 bits per heavy atom. The van der Waals surface area contributed by atoms with Crippen molar-refractivity contribution < 1.29 is 0 Å². The van der Waals surface area contributed by atoms with Crippen LogP contribution in [0.5, 0.6) is 0 Å². The smallest absolute Gasteiger partial charge is 0.0712 e. The van der Waals surface area contributed by atoms with E-state index in [0.29, 0.717) is 23.2 Å². The first-order valence-corrected chi connectivity index (χ1v) is 14.6. The van der Waals surface area contributed by atoms with Crippen molar-refractivity contribution in [1.29, 1.82) is 0 Å². The molecule has 2 bridgehead atoms. The fourth-order valence-corrected chi connectivity index (χ4v) is 9.36. The van der Waals surface area contributed by atoms with Gasteiger partial charge in [-0.1, -0.05) is 126 Å². The number of rotatable bonds is 4. The lowest BCUT2D eigenvalue weighted by Gasteiger charge is -2.62. The summed E-state index contributed by atoms with van der Waals surface area (Å²) in [6.45, 7) is 12.2. The zero-order chi connectivity index (χ0) is 25.1. The molecule has 1 aromatic heterocycles. The van der Waals surface area contributed by atoms with Gasteiger partial charge in [-0.15, -0.1) is 0 Å². The molecule has 1 saturated carbocycles. The van der Waals surface area contributed by atoms with Gasteiger partial charge in [-0.25, -0.2) is 0 Å². The molecule has 0 unspecified atom stereocenters. The fraction of sp³-hybridized carbons (Fsp3) is 0.324. The van der Waals surface area contributed by atoms with Crippen LogP contribution in [0, 0.1) is 16.7 Å². The van der Waals surface area contributed by atoms with Crippen molar-refractivity contribution in [3.05, 3.63) is 108 Å². The molecule has 0 amide bonds. The van der Waals surface area contributed by atoms with E-state index in [-0.39, 0.29) is 5.41 Å². The summed E-state index contributed by atoms with van der Waals surface area (Å²) in [6.07, 6.45) is 1.31. The normalized spacial score (nSPS) is 22.1. The third-order valence-corrected chi connectivity index (χ3v) is 11.3. The Labute approximate surface area is 217 Å². The second-order valence-electron chi connectivity index (χ2n) is 12.3. The lowest BCUT2D eigenvalue weighted by molar-refractivity contribution is -0.0376. The molecule has 3 aromatic carbocycles. The summed E-state index contributed by atoms with van der Waals surface area (Å²) in [5.41, 5.74) is 5.80. The summed E-state index contributed by atoms with van der Waals surface area (Å²) < 4.78 is 0. The van der Waals surface area contributed by atoms with E-state index in [2.05, 4.69) is 132 Å². The van der Waals surface area contributed by atoms with Crippen molar-refractivity contribution in [1.82, 2.24) is 4.98 Å². The zero-order valence-corrected chi connectivity index (χ0v) is 23.0. The van der Waals surface area contributed by atoms with E-state index in [1.54, 1.807) is 0 Å². The maximum Gasteiger partial charge on any atom is 0.0712 e. The average molecular weight is 490 g/mol. The van der Waals surface area contributed by atoms with Crippen LogP contribution >= 0.6 is 7.92 Å². The van der Waals surface area contributed by atoms with E-state index >= 15 is 0 Å². The molecule has 1 fully saturated rings. The van der Waals surface area contributed by atoms with Crippen molar-refractivity contribution in [2.24, 2.45) is 16.7 Å². The molecule has 0 saturated heterocycles. The summed E-state index contributed by atoms with van der Waals surface area (Å²) >= 11 is 0. The van der Waals surface area contributed by atoms with Crippen LogP contribution in [0.25, 0.3) is 11.3 Å². The maximum atomic E-state index is 5.52. The summed E-state index contributed by atoms with van der Waals surface area (Å²) in [5.74, 6) is 1.83. The first-order valence-electron chi connectivity index (χ1n) is 13.3. The Kier molecular flexibility index (Phi) is 5.69. The summed E-state index contributed by atoms with van der Waals surface area (Å²) in [7, 11) is -0.691. The molecular formula is C34H36NP. The maximum absolute atomic E-state index is 5.52. The van der Waals surface area contributed by atoms with Crippen molar-refractivity contribution >= 4 is 23.8 Å². The van der Waals surface area contributed by atoms with Gasteiger partial charge in [-0.3, -0.25) is 4.98 Å². The molecule has 1 heterocycles. The Hall–Kier alpha value is -2.76. The second-order valence-corrected chi connectivity index (χ2v) is 14.4. The van der Waals surface area contributed by atoms with Crippen molar-refractivity contribution in [2.45, 2.75) is 52.9 Å². The van der Waals surface area contributed by atoms with Crippen LogP contribution in [0.1, 0.15) is 64.1 Å². The lowest BCUT2D eigenvalue weighted by Crippen LogP contribution is -2.53. The van der Waals surface area contributed by atoms with Crippen LogP contribution in [0.3, 0.4) is 0 Å². The molecular weight excluding hydrogens is 453 g/mol. The standard InChI is InChI=1S/C34H36NP/c1-33(2,3)31-28-22-27(34(28,4)5)25-20-21-29(35-32(25)31)26-18-12-13-19-30(26)36(23-14-8-6-9-15-23)24-16-10-7-11-17-24/h6-21,27-28,31H,22H2,1-5H3/t27-,28+,31+/m0/s1. The molecule has 2 heteroatoms. The van der Waals surface area contributed by atoms with E-state index < -0.39 is 7.92 Å². The van der Waals surface area contributed by atoms with Crippen molar-refractivity contribution in [2.75, 3.05) is 0 Å². The Morgan fingerprint density at radius 1 is 0.750 bits per heavy atom. The van der Waals surface area contributed by atoms with Crippen molar-refractivity contribution in [3.8, 4) is 11.3 Å². The van der Waals surface area contributed by atoms with Crippen molar-refractivity contribution in [3.63, 3.8) is 0 Å². The van der Waals surface area contributed by atoms with Gasteiger partial charge in [0.15, 0.2) is 0 Å². The molecule has 0 radical (unpaired) electrons. The molecule has 7 rings (SSSR count). The van der Waals surface area contributed by atoms with E-state index in [4.69, 9.17) is 4.98 Å². The van der Waals surface area contributed by atoms with Gasteiger partial charge in [-0.05, 0) is 64.6 Å². The number of hydrogen-bond acceptors (Lipinski definition) is 1. The van der Waals surface area contributed by atoms with Crippen LogP contribution in [0.15, 0.2) is 97.1 Å². The predicted molar refractivity (Wildman–Crippen MR) is 155 cm³/mol. The van der Waals surface area contributed by atoms with Gasteiger partial charge in [0.1, 0.15) is 0 Å². The van der Waals surface area contributed by atoms with E-state index in [1.165, 1.54) is 39.2 Å². The molecule has 4 aromatic rings. The number of nitrogens with zero attached hydrogens (tertiary/aromatic N) is 1. The third-order valence-electron chi connectivity index (χ3n) is 8.76. The lowest BCUT2D eigenvalue weighted by atomic mass is 9.42. The van der Waals surface area contributed by atoms with E-state index in [1.807, 2.05) is 0 Å².